The fourth-order valence-corrected chi connectivity index (χ4v) is 0.291. The van der Waals surface area contributed by atoms with E-state index in [0.29, 0.717) is 0 Å². The van der Waals surface area contributed by atoms with Gasteiger partial charge in [0.25, 0.3) is 0 Å². The number of rotatable bonds is 3. The molecular weight excluding hydrogens is 108 g/mol. The van der Waals surface area contributed by atoms with Crippen LogP contribution in [0.15, 0.2) is 0 Å². The average Bonchev–Trinajstić information content (AvgIpc) is 1.61. The highest BCUT2D eigenvalue weighted by Gasteiger charge is 1.95. The van der Waals surface area contributed by atoms with Crippen LogP contribution in [0.4, 0.5) is 0 Å². The Morgan fingerprint density at radius 1 is 1.62 bits per heavy atom. The van der Waals surface area contributed by atoms with E-state index >= 15 is 0 Å². The van der Waals surface area contributed by atoms with Gasteiger partial charge in [-0.3, -0.25) is 5.32 Å². The van der Waals surface area contributed by atoms with Crippen LogP contribution in [0.25, 0.3) is 0 Å². The molecule has 2 unspecified atom stereocenters. The molecule has 8 heavy (non-hydrogen) atoms. The Morgan fingerprint density at radius 3 is 2.25 bits per heavy atom. The first kappa shape index (κ1) is 7.84. The Kier molecular flexibility index (Phi) is 3.72. The van der Waals surface area contributed by atoms with Gasteiger partial charge in [-0.1, -0.05) is 0 Å². The molecule has 0 saturated carbocycles. The van der Waals surface area contributed by atoms with Crippen LogP contribution in [0.2, 0.25) is 0 Å². The minimum absolute atomic E-state index is 0.220. The maximum Gasteiger partial charge on any atom is 0.115 e. The molecule has 4 heteroatoms. The van der Waals surface area contributed by atoms with Crippen LogP contribution in [0.1, 0.15) is 6.92 Å². The van der Waals surface area contributed by atoms with E-state index < -0.39 is 12.5 Å². The molecule has 0 radical (unpaired) electrons. The highest BCUT2D eigenvalue weighted by atomic mass is 16.3. The standard InChI is InChI=1S/C4H12N2O2/c1-3(7)6-2-4(5)8/h3-4,6-8H,2,5H2,1H3. The van der Waals surface area contributed by atoms with Gasteiger partial charge in [-0.2, -0.15) is 0 Å². The molecule has 0 heterocycles. The van der Waals surface area contributed by atoms with Crippen LogP contribution in [-0.4, -0.2) is 29.2 Å². The molecule has 0 aliphatic rings. The fourth-order valence-electron chi connectivity index (χ4n) is 0.291. The zero-order chi connectivity index (χ0) is 6.57. The lowest BCUT2D eigenvalue weighted by atomic mass is 10.5. The van der Waals surface area contributed by atoms with Gasteiger partial charge in [-0.25, -0.2) is 0 Å². The molecule has 0 amide bonds. The third-order valence-electron chi connectivity index (χ3n) is 0.622. The molecule has 0 bridgehead atoms. The number of nitrogens with one attached hydrogen (secondary N) is 1. The normalized spacial score (nSPS) is 18.0. The summed E-state index contributed by atoms with van der Waals surface area (Å²) in [6.45, 7) is 1.78. The molecule has 0 aliphatic heterocycles. The summed E-state index contributed by atoms with van der Waals surface area (Å²) in [6.07, 6.45) is -1.49. The molecule has 50 valence electrons. The Hall–Kier alpha value is -0.160. The van der Waals surface area contributed by atoms with Crippen molar-refractivity contribution in [2.75, 3.05) is 6.54 Å². The predicted molar refractivity (Wildman–Crippen MR) is 29.9 cm³/mol. The number of aliphatic hydroxyl groups is 2. The van der Waals surface area contributed by atoms with Gasteiger partial charge in [0, 0.05) is 6.54 Å². The summed E-state index contributed by atoms with van der Waals surface area (Å²) < 4.78 is 0. The quantitative estimate of drug-likeness (QED) is 0.331. The molecule has 0 rings (SSSR count). The van der Waals surface area contributed by atoms with Crippen molar-refractivity contribution in [3.8, 4) is 0 Å². The summed E-state index contributed by atoms with van der Waals surface area (Å²) in [6, 6.07) is 0. The Labute approximate surface area is 48.3 Å². The summed E-state index contributed by atoms with van der Waals surface area (Å²) in [5, 5.41) is 19.5. The van der Waals surface area contributed by atoms with Crippen molar-refractivity contribution in [2.45, 2.75) is 19.4 Å². The molecule has 0 aromatic heterocycles. The van der Waals surface area contributed by atoms with Gasteiger partial charge in [0.05, 0.1) is 0 Å². The van der Waals surface area contributed by atoms with Crippen molar-refractivity contribution >= 4 is 0 Å². The third kappa shape index (κ3) is 5.84. The van der Waals surface area contributed by atoms with Gasteiger partial charge in [0.2, 0.25) is 0 Å². The van der Waals surface area contributed by atoms with Crippen LogP contribution in [0.5, 0.6) is 0 Å². The van der Waals surface area contributed by atoms with Crippen molar-refractivity contribution in [1.29, 1.82) is 0 Å². The van der Waals surface area contributed by atoms with Gasteiger partial charge < -0.3 is 15.9 Å². The summed E-state index contributed by atoms with van der Waals surface area (Å²) >= 11 is 0. The van der Waals surface area contributed by atoms with Crippen LogP contribution in [-0.2, 0) is 0 Å². The van der Waals surface area contributed by atoms with Crippen molar-refractivity contribution in [3.63, 3.8) is 0 Å². The smallest absolute Gasteiger partial charge is 0.115 e. The van der Waals surface area contributed by atoms with Crippen LogP contribution >= 0.6 is 0 Å². The summed E-state index contributed by atoms with van der Waals surface area (Å²) in [5.74, 6) is 0. The lowest BCUT2D eigenvalue weighted by Gasteiger charge is -2.07. The lowest BCUT2D eigenvalue weighted by molar-refractivity contribution is 0.116. The zero-order valence-corrected chi connectivity index (χ0v) is 4.83. The second-order valence-corrected chi connectivity index (χ2v) is 1.65. The van der Waals surface area contributed by atoms with Crippen molar-refractivity contribution < 1.29 is 10.2 Å². The third-order valence-corrected chi connectivity index (χ3v) is 0.622. The SMILES string of the molecule is CC(O)NCC(N)O. The monoisotopic (exact) mass is 120 g/mol. The minimum atomic E-state index is -0.885. The molecule has 0 aromatic rings. The Bertz CT molecular complexity index is 48.0. The van der Waals surface area contributed by atoms with E-state index in [1.165, 1.54) is 0 Å². The van der Waals surface area contributed by atoms with Gasteiger partial charge >= 0.3 is 0 Å². The second-order valence-electron chi connectivity index (χ2n) is 1.65. The van der Waals surface area contributed by atoms with Gasteiger partial charge in [-0.15, -0.1) is 0 Å². The predicted octanol–water partition coefficient (Wildman–Crippen LogP) is -1.81. The highest BCUT2D eigenvalue weighted by molar-refractivity contribution is 4.49. The molecule has 0 aliphatic carbocycles. The average molecular weight is 120 g/mol. The number of hydrogen-bond acceptors (Lipinski definition) is 4. The molecule has 5 N–H and O–H groups in total. The molecular formula is C4H12N2O2. The maximum absolute atomic E-state index is 8.52. The van der Waals surface area contributed by atoms with Crippen molar-refractivity contribution in [3.05, 3.63) is 0 Å². The van der Waals surface area contributed by atoms with Crippen molar-refractivity contribution in [1.82, 2.24) is 5.32 Å². The maximum atomic E-state index is 8.52. The van der Waals surface area contributed by atoms with Gasteiger partial charge in [0.1, 0.15) is 12.5 Å². The highest BCUT2D eigenvalue weighted by Crippen LogP contribution is 1.70. The molecule has 2 atom stereocenters. The van der Waals surface area contributed by atoms with Crippen molar-refractivity contribution in [2.24, 2.45) is 5.73 Å². The molecule has 0 aromatic carbocycles. The van der Waals surface area contributed by atoms with Crippen LogP contribution < -0.4 is 11.1 Å². The van der Waals surface area contributed by atoms with Gasteiger partial charge in [-0.05, 0) is 6.92 Å². The van der Waals surface area contributed by atoms with E-state index in [0.717, 1.165) is 0 Å². The van der Waals surface area contributed by atoms with E-state index in [2.05, 4.69) is 5.32 Å². The minimum Gasteiger partial charge on any atom is -0.379 e. The molecule has 4 nitrogen and oxygen atoms in total. The first-order chi connectivity index (χ1) is 3.63. The first-order valence-electron chi connectivity index (χ1n) is 2.48. The summed E-state index contributed by atoms with van der Waals surface area (Å²) in [4.78, 5) is 0. The van der Waals surface area contributed by atoms with Gasteiger partial charge in [0.15, 0.2) is 0 Å². The van der Waals surface area contributed by atoms with Crippen LogP contribution in [0.3, 0.4) is 0 Å². The number of hydrogen-bond donors (Lipinski definition) is 4. The van der Waals surface area contributed by atoms with E-state index in [1.807, 2.05) is 0 Å². The Morgan fingerprint density at radius 2 is 2.12 bits per heavy atom. The Balaban J connectivity index is 2.93. The van der Waals surface area contributed by atoms with E-state index in [-0.39, 0.29) is 6.54 Å². The molecule has 0 fully saturated rings. The van der Waals surface area contributed by atoms with E-state index in [4.69, 9.17) is 15.9 Å². The van der Waals surface area contributed by atoms with E-state index in [9.17, 15) is 0 Å². The zero-order valence-electron chi connectivity index (χ0n) is 4.83. The second kappa shape index (κ2) is 3.80. The van der Waals surface area contributed by atoms with E-state index in [1.54, 1.807) is 6.92 Å². The number of aliphatic hydroxyl groups excluding tert-OH is 2. The first-order valence-corrected chi connectivity index (χ1v) is 2.48. The summed E-state index contributed by atoms with van der Waals surface area (Å²) in [5.41, 5.74) is 4.92. The molecule has 0 spiro atoms. The number of nitrogens with two attached hydrogens (primary N) is 1. The fraction of sp³-hybridized carbons (Fsp3) is 1.00. The largest absolute Gasteiger partial charge is 0.379 e. The lowest BCUT2D eigenvalue weighted by Crippen LogP contribution is -2.37. The molecule has 0 saturated heterocycles. The summed E-state index contributed by atoms with van der Waals surface area (Å²) in [7, 11) is 0. The topological polar surface area (TPSA) is 78.5 Å². The van der Waals surface area contributed by atoms with Crippen LogP contribution in [0, 0.1) is 0 Å².